The molecule has 0 saturated carbocycles. The number of aromatic carboxylic acids is 1. The smallest absolute Gasteiger partial charge is 0.335 e. The Hall–Kier alpha value is -3.47. The van der Waals surface area contributed by atoms with Crippen LogP contribution in [0.15, 0.2) is 60.7 Å². The second-order valence-electron chi connectivity index (χ2n) is 10.0. The van der Waals surface area contributed by atoms with Gasteiger partial charge in [0.15, 0.2) is 0 Å². The molecule has 0 bridgehead atoms. The van der Waals surface area contributed by atoms with E-state index in [4.69, 9.17) is 37.8 Å². The number of fused-ring (bicyclic) bond motifs is 1. The fourth-order valence-electron chi connectivity index (χ4n) is 4.20. The van der Waals surface area contributed by atoms with Crippen molar-refractivity contribution in [3.8, 4) is 11.5 Å². The van der Waals surface area contributed by atoms with Gasteiger partial charge in [-0.25, -0.2) is 9.78 Å². The third-order valence-corrected chi connectivity index (χ3v) is 7.42. The molecule has 0 spiro atoms. The third kappa shape index (κ3) is 8.77. The van der Waals surface area contributed by atoms with E-state index < -0.39 is 5.97 Å². The largest absolute Gasteiger partial charge is 0.478 e. The zero-order chi connectivity index (χ0) is 30.1. The van der Waals surface area contributed by atoms with Crippen LogP contribution in [0.3, 0.4) is 0 Å². The minimum Gasteiger partial charge on any atom is -0.478 e. The van der Waals surface area contributed by atoms with Gasteiger partial charge in [0.1, 0.15) is 23.6 Å². The Bertz CT molecular complexity index is 1510. The molecule has 2 fully saturated rings. The number of carboxylic acids is 1. The maximum atomic E-state index is 11.1. The van der Waals surface area contributed by atoms with E-state index in [9.17, 15) is 9.59 Å². The molecule has 4 aromatic rings. The van der Waals surface area contributed by atoms with Gasteiger partial charge in [-0.15, -0.1) is 0 Å². The van der Waals surface area contributed by atoms with Crippen LogP contribution in [-0.4, -0.2) is 83.2 Å². The van der Waals surface area contributed by atoms with Crippen molar-refractivity contribution in [3.63, 3.8) is 0 Å². The van der Waals surface area contributed by atoms with Gasteiger partial charge in [-0.1, -0.05) is 35.3 Å². The lowest BCUT2D eigenvalue weighted by Crippen LogP contribution is -2.44. The van der Waals surface area contributed by atoms with Crippen molar-refractivity contribution in [2.75, 3.05) is 46.4 Å². The zero-order valence-corrected chi connectivity index (χ0v) is 25.1. The van der Waals surface area contributed by atoms with Crippen molar-refractivity contribution in [1.29, 1.82) is 0 Å². The molecule has 2 saturated heterocycles. The molecule has 3 aromatic carbocycles. The van der Waals surface area contributed by atoms with Gasteiger partial charge in [-0.05, 0) is 55.9 Å². The van der Waals surface area contributed by atoms with Gasteiger partial charge in [0.2, 0.25) is 0 Å². The van der Waals surface area contributed by atoms with Crippen LogP contribution in [0, 0.1) is 0 Å². The van der Waals surface area contributed by atoms with E-state index in [0.717, 1.165) is 69.1 Å². The molecule has 1 aromatic heterocycles. The Kier molecular flexibility index (Phi) is 11.3. The summed E-state index contributed by atoms with van der Waals surface area (Å²) in [4.78, 5) is 31.1. The van der Waals surface area contributed by atoms with E-state index in [1.54, 1.807) is 60.7 Å². The molecule has 6 rings (SSSR count). The van der Waals surface area contributed by atoms with Gasteiger partial charge < -0.3 is 24.0 Å². The Balaban J connectivity index is 0.000000173. The number of carbonyl (C=O) groups is 2. The summed E-state index contributed by atoms with van der Waals surface area (Å²) in [5.41, 5.74) is 2.57. The van der Waals surface area contributed by atoms with E-state index in [1.807, 2.05) is 11.6 Å². The molecule has 0 unspecified atom stereocenters. The lowest BCUT2D eigenvalue weighted by Gasteiger charge is -2.31. The SMILES string of the molecule is C1COC1.CN1CCN(Cc2nc3ccc(C(=O)O)cc3n2C)CC1.O=Cc1cccc(Oc2cc(Cl)ccc2Cl)c1. The number of imidazole rings is 1. The zero-order valence-electron chi connectivity index (χ0n) is 23.6. The molecule has 0 radical (unpaired) electrons. The molecule has 1 N–H and O–H groups in total. The molecule has 0 atom stereocenters. The van der Waals surface area contributed by atoms with Crippen LogP contribution < -0.4 is 4.74 Å². The molecule has 2 aliphatic rings. The summed E-state index contributed by atoms with van der Waals surface area (Å²) in [5, 5.41) is 10.1. The monoisotopic (exact) mass is 612 g/mol. The van der Waals surface area contributed by atoms with E-state index in [1.165, 1.54) is 6.42 Å². The van der Waals surface area contributed by atoms with Crippen LogP contribution in [0.5, 0.6) is 11.5 Å². The van der Waals surface area contributed by atoms with Crippen LogP contribution in [0.1, 0.15) is 33.0 Å². The number of hydrogen-bond acceptors (Lipinski definition) is 7. The first kappa shape index (κ1) is 31.5. The van der Waals surface area contributed by atoms with Crippen LogP contribution in [0.2, 0.25) is 10.0 Å². The van der Waals surface area contributed by atoms with E-state index in [-0.39, 0.29) is 0 Å². The third-order valence-electron chi connectivity index (χ3n) is 6.87. The Morgan fingerprint density at radius 1 is 1.02 bits per heavy atom. The van der Waals surface area contributed by atoms with Crippen molar-refractivity contribution in [2.45, 2.75) is 13.0 Å². The number of hydrogen-bond donors (Lipinski definition) is 1. The van der Waals surface area contributed by atoms with E-state index in [0.29, 0.717) is 32.7 Å². The van der Waals surface area contributed by atoms with Gasteiger partial charge >= 0.3 is 5.97 Å². The average molecular weight is 614 g/mol. The Labute approximate surface area is 255 Å². The van der Waals surface area contributed by atoms with E-state index in [2.05, 4.69) is 21.8 Å². The molecule has 222 valence electrons. The van der Waals surface area contributed by atoms with Gasteiger partial charge in [0.05, 0.1) is 28.2 Å². The van der Waals surface area contributed by atoms with Crippen LogP contribution in [0.25, 0.3) is 11.0 Å². The van der Waals surface area contributed by atoms with Gasteiger partial charge in [0.25, 0.3) is 0 Å². The molecular formula is C31H34Cl2N4O5. The molecule has 42 heavy (non-hydrogen) atoms. The van der Waals surface area contributed by atoms with Crippen LogP contribution in [0.4, 0.5) is 0 Å². The molecular weight excluding hydrogens is 579 g/mol. The normalized spacial score (nSPS) is 15.0. The highest BCUT2D eigenvalue weighted by Gasteiger charge is 2.17. The van der Waals surface area contributed by atoms with Gasteiger partial charge in [0, 0.05) is 63.1 Å². The number of aldehydes is 1. The molecule has 2 aliphatic heterocycles. The molecule has 11 heteroatoms. The molecule has 3 heterocycles. The van der Waals surface area contributed by atoms with Crippen molar-refractivity contribution >= 4 is 46.5 Å². The minimum atomic E-state index is -0.904. The van der Waals surface area contributed by atoms with Crippen molar-refractivity contribution in [3.05, 3.63) is 87.7 Å². The molecule has 0 amide bonds. The lowest BCUT2D eigenvalue weighted by molar-refractivity contribution is 0.0367. The maximum Gasteiger partial charge on any atom is 0.335 e. The number of nitrogens with zero attached hydrogens (tertiary/aromatic N) is 4. The first-order valence-electron chi connectivity index (χ1n) is 13.6. The highest BCUT2D eigenvalue weighted by molar-refractivity contribution is 6.34. The number of benzene rings is 3. The number of rotatable bonds is 6. The predicted octanol–water partition coefficient (Wildman–Crippen LogP) is 6.02. The standard InChI is InChI=1S/C15H20N4O2.C13H8Cl2O2.C3H6O/c1-17-5-7-19(8-6-17)10-14-16-12-4-3-11(15(20)21)9-13(12)18(14)2;14-10-4-5-12(15)13(7-10)17-11-3-1-2-9(6-11)8-16;1-2-4-3-1/h3-4,9H,5-8,10H2,1-2H3,(H,20,21);1-8H;1-3H2. The van der Waals surface area contributed by atoms with Crippen LogP contribution in [-0.2, 0) is 18.3 Å². The average Bonchev–Trinajstić information content (AvgIpc) is 3.25. The topological polar surface area (TPSA) is 97.1 Å². The highest BCUT2D eigenvalue weighted by atomic mass is 35.5. The number of aryl methyl sites for hydroxylation is 1. The first-order valence-corrected chi connectivity index (χ1v) is 14.3. The van der Waals surface area contributed by atoms with Gasteiger partial charge in [-0.3, -0.25) is 9.69 Å². The van der Waals surface area contributed by atoms with Crippen molar-refractivity contribution in [2.24, 2.45) is 7.05 Å². The summed E-state index contributed by atoms with van der Waals surface area (Å²) in [5.74, 6) is 1.08. The van der Waals surface area contributed by atoms with Crippen molar-refractivity contribution < 1.29 is 24.2 Å². The summed E-state index contributed by atoms with van der Waals surface area (Å²) in [6, 6.07) is 16.8. The summed E-state index contributed by atoms with van der Waals surface area (Å²) in [7, 11) is 4.09. The number of likely N-dealkylation sites (N-methyl/N-ethyl adjacent to an activating group) is 1. The number of aromatic nitrogens is 2. The lowest BCUT2D eigenvalue weighted by atomic mass is 10.2. The highest BCUT2D eigenvalue weighted by Crippen LogP contribution is 2.32. The number of carbonyl (C=O) groups excluding carboxylic acids is 1. The summed E-state index contributed by atoms with van der Waals surface area (Å²) in [6.45, 7) is 7.04. The number of carboxylic acid groups (broad SMARTS) is 1. The quantitative estimate of drug-likeness (QED) is 0.264. The number of piperazine rings is 1. The second-order valence-corrected chi connectivity index (χ2v) is 10.9. The Morgan fingerprint density at radius 3 is 2.38 bits per heavy atom. The van der Waals surface area contributed by atoms with Crippen LogP contribution >= 0.6 is 23.2 Å². The molecule has 0 aliphatic carbocycles. The maximum absolute atomic E-state index is 11.1. The first-order chi connectivity index (χ1) is 20.2. The fourth-order valence-corrected chi connectivity index (χ4v) is 4.52. The number of halogens is 2. The predicted molar refractivity (Wildman–Crippen MR) is 164 cm³/mol. The second kappa shape index (κ2) is 15.1. The summed E-state index contributed by atoms with van der Waals surface area (Å²) >= 11 is 11.8. The molecule has 9 nitrogen and oxygen atoms in total. The summed E-state index contributed by atoms with van der Waals surface area (Å²) in [6.07, 6.45) is 2.03. The Morgan fingerprint density at radius 2 is 1.74 bits per heavy atom. The minimum absolute atomic E-state index is 0.302. The van der Waals surface area contributed by atoms with Gasteiger partial charge in [-0.2, -0.15) is 0 Å². The number of ether oxygens (including phenoxy) is 2. The summed E-state index contributed by atoms with van der Waals surface area (Å²) < 4.78 is 12.3. The fraction of sp³-hybridized carbons (Fsp3) is 0.323. The van der Waals surface area contributed by atoms with E-state index >= 15 is 0 Å². The van der Waals surface area contributed by atoms with Crippen molar-refractivity contribution in [1.82, 2.24) is 19.4 Å².